The van der Waals surface area contributed by atoms with Gasteiger partial charge in [0.1, 0.15) is 16.8 Å². The van der Waals surface area contributed by atoms with Crippen LogP contribution < -0.4 is 0 Å². The molecule has 0 amide bonds. The van der Waals surface area contributed by atoms with Crippen molar-refractivity contribution in [3.05, 3.63) is 0 Å². The molecule has 1 fully saturated rings. The molecule has 0 spiro atoms. The predicted octanol–water partition coefficient (Wildman–Crippen LogP) is -0.190. The summed E-state index contributed by atoms with van der Waals surface area (Å²) < 4.78 is 10.3. The van der Waals surface area contributed by atoms with Gasteiger partial charge in [0, 0.05) is 6.61 Å². The fourth-order valence-electron chi connectivity index (χ4n) is 0.897. The largest absolute Gasteiger partial charge is 0.404 e. The summed E-state index contributed by atoms with van der Waals surface area (Å²) >= 11 is 0. The number of ether oxygens (including phenoxy) is 1. The lowest BCUT2D eigenvalue weighted by atomic mass is 10.2. The number of hydrogen-bond donors (Lipinski definition) is 0. The van der Waals surface area contributed by atoms with Gasteiger partial charge in [0.2, 0.25) is 0 Å². The second-order valence-electron chi connectivity index (χ2n) is 2.03. The van der Waals surface area contributed by atoms with Crippen LogP contribution in [-0.4, -0.2) is 23.4 Å². The van der Waals surface area contributed by atoms with E-state index in [0.29, 0.717) is 0 Å². The molecule has 1 aliphatic rings. The van der Waals surface area contributed by atoms with Crippen molar-refractivity contribution in [3.8, 4) is 0 Å². The summed E-state index contributed by atoms with van der Waals surface area (Å²) in [5, 5.41) is 0. The first-order chi connectivity index (χ1) is 3.93. The topological polar surface area (TPSA) is 18.5 Å². The normalized spacial score (nSPS) is 30.8. The zero-order chi connectivity index (χ0) is 5.82. The van der Waals surface area contributed by atoms with Crippen LogP contribution in [0.3, 0.4) is 0 Å². The van der Waals surface area contributed by atoms with Crippen LogP contribution in [0.25, 0.3) is 0 Å². The van der Waals surface area contributed by atoms with E-state index >= 15 is 0 Å². The van der Waals surface area contributed by atoms with E-state index in [4.69, 9.17) is 9.16 Å². The van der Waals surface area contributed by atoms with Crippen molar-refractivity contribution in [2.45, 2.75) is 25.6 Å². The Hall–Kier alpha value is 0.137. The molecule has 1 aliphatic heterocycles. The van der Waals surface area contributed by atoms with E-state index in [-0.39, 0.29) is 6.29 Å². The highest BCUT2D eigenvalue weighted by Gasteiger charge is 2.10. The van der Waals surface area contributed by atoms with Crippen LogP contribution in [0.1, 0.15) is 19.3 Å². The molecule has 0 aromatic heterocycles. The summed E-state index contributed by atoms with van der Waals surface area (Å²) in [5.41, 5.74) is 0. The van der Waals surface area contributed by atoms with Gasteiger partial charge in [-0.05, 0) is 19.3 Å². The fourth-order valence-corrected chi connectivity index (χ4v) is 1.27. The first-order valence-corrected chi connectivity index (χ1v) is 3.89. The Morgan fingerprint density at radius 3 is 2.75 bits per heavy atom. The molecule has 1 rings (SSSR count). The third-order valence-electron chi connectivity index (χ3n) is 1.40. The molecule has 8 heavy (non-hydrogen) atoms. The SMILES string of the molecule is [SiH3]OC1CCCCO1. The van der Waals surface area contributed by atoms with Gasteiger partial charge in [-0.15, -0.1) is 0 Å². The van der Waals surface area contributed by atoms with Crippen LogP contribution >= 0.6 is 0 Å². The zero-order valence-corrected chi connectivity index (χ0v) is 7.22. The summed E-state index contributed by atoms with van der Waals surface area (Å²) in [6.45, 7) is 0.896. The molecule has 1 atom stereocenters. The predicted molar refractivity (Wildman–Crippen MR) is 34.6 cm³/mol. The molecule has 0 radical (unpaired) electrons. The van der Waals surface area contributed by atoms with Gasteiger partial charge in [-0.25, -0.2) is 0 Å². The highest BCUT2D eigenvalue weighted by atomic mass is 28.2. The molecule has 0 N–H and O–H groups in total. The maximum atomic E-state index is 5.24. The van der Waals surface area contributed by atoms with Crippen LogP contribution in [0.2, 0.25) is 0 Å². The average molecular weight is 132 g/mol. The van der Waals surface area contributed by atoms with E-state index in [2.05, 4.69) is 0 Å². The van der Waals surface area contributed by atoms with Crippen molar-refractivity contribution in [1.82, 2.24) is 0 Å². The van der Waals surface area contributed by atoms with Crippen molar-refractivity contribution in [1.29, 1.82) is 0 Å². The molecule has 1 heterocycles. The third-order valence-corrected chi connectivity index (χ3v) is 1.93. The highest BCUT2D eigenvalue weighted by molar-refractivity contribution is 5.98. The molecule has 2 nitrogen and oxygen atoms in total. The molecule has 0 bridgehead atoms. The van der Waals surface area contributed by atoms with Gasteiger partial charge < -0.3 is 9.16 Å². The molecule has 0 saturated carbocycles. The van der Waals surface area contributed by atoms with E-state index in [1.807, 2.05) is 0 Å². The van der Waals surface area contributed by atoms with Crippen LogP contribution in [0.4, 0.5) is 0 Å². The van der Waals surface area contributed by atoms with Crippen molar-refractivity contribution < 1.29 is 9.16 Å². The standard InChI is InChI=1S/C5H12O2Si/c8-7-5-3-1-2-4-6-5/h5H,1-4H2,8H3. The molecular weight excluding hydrogens is 120 g/mol. The lowest BCUT2D eigenvalue weighted by molar-refractivity contribution is -0.102. The van der Waals surface area contributed by atoms with Crippen LogP contribution in [0, 0.1) is 0 Å². The monoisotopic (exact) mass is 132 g/mol. The van der Waals surface area contributed by atoms with Gasteiger partial charge in [-0.2, -0.15) is 0 Å². The second-order valence-corrected chi connectivity index (χ2v) is 2.50. The van der Waals surface area contributed by atoms with E-state index in [1.54, 1.807) is 0 Å². The van der Waals surface area contributed by atoms with E-state index < -0.39 is 0 Å². The zero-order valence-electron chi connectivity index (χ0n) is 5.22. The summed E-state index contributed by atoms with van der Waals surface area (Å²) in [7, 11) is 0.805. The molecule has 0 aliphatic carbocycles. The number of hydrogen-bond acceptors (Lipinski definition) is 2. The quantitative estimate of drug-likeness (QED) is 0.460. The van der Waals surface area contributed by atoms with Crippen molar-refractivity contribution in [2.75, 3.05) is 6.61 Å². The first kappa shape index (κ1) is 6.26. The van der Waals surface area contributed by atoms with Gasteiger partial charge in [-0.1, -0.05) is 0 Å². The maximum absolute atomic E-state index is 5.24. The summed E-state index contributed by atoms with van der Waals surface area (Å²) in [6.07, 6.45) is 3.73. The molecule has 1 unspecified atom stereocenters. The van der Waals surface area contributed by atoms with Gasteiger partial charge in [0.05, 0.1) is 0 Å². The van der Waals surface area contributed by atoms with E-state index in [1.165, 1.54) is 12.8 Å². The minimum atomic E-state index is 0.149. The Bertz CT molecular complexity index is 61.4. The van der Waals surface area contributed by atoms with Gasteiger partial charge in [-0.3, -0.25) is 0 Å². The van der Waals surface area contributed by atoms with Crippen LogP contribution in [0.15, 0.2) is 0 Å². The molecule has 0 aromatic rings. The van der Waals surface area contributed by atoms with Crippen LogP contribution in [-0.2, 0) is 9.16 Å². The minimum Gasteiger partial charge on any atom is -0.404 e. The lowest BCUT2D eigenvalue weighted by Gasteiger charge is -2.20. The second kappa shape index (κ2) is 3.22. The molecule has 48 valence electrons. The van der Waals surface area contributed by atoms with Crippen LogP contribution in [0.5, 0.6) is 0 Å². The molecule has 0 aromatic carbocycles. The smallest absolute Gasteiger partial charge is 0.149 e. The maximum Gasteiger partial charge on any atom is 0.149 e. The van der Waals surface area contributed by atoms with Gasteiger partial charge in [0.25, 0.3) is 0 Å². The Labute approximate surface area is 52.7 Å². The fraction of sp³-hybridized carbons (Fsp3) is 1.00. The molecular formula is C5H12O2Si. The Balaban J connectivity index is 2.13. The van der Waals surface area contributed by atoms with Gasteiger partial charge >= 0.3 is 0 Å². The Kier molecular flexibility index (Phi) is 2.52. The van der Waals surface area contributed by atoms with E-state index in [9.17, 15) is 0 Å². The minimum absolute atomic E-state index is 0.149. The van der Waals surface area contributed by atoms with Crippen molar-refractivity contribution in [2.24, 2.45) is 0 Å². The van der Waals surface area contributed by atoms with Crippen molar-refractivity contribution in [3.63, 3.8) is 0 Å². The van der Waals surface area contributed by atoms with Crippen molar-refractivity contribution >= 4 is 10.5 Å². The van der Waals surface area contributed by atoms with Gasteiger partial charge in [0.15, 0.2) is 0 Å². The van der Waals surface area contributed by atoms with E-state index in [0.717, 1.165) is 23.5 Å². The summed E-state index contributed by atoms with van der Waals surface area (Å²) in [6, 6.07) is 0. The number of rotatable bonds is 1. The third kappa shape index (κ3) is 1.58. The summed E-state index contributed by atoms with van der Waals surface area (Å²) in [4.78, 5) is 0. The lowest BCUT2D eigenvalue weighted by Crippen LogP contribution is -2.20. The molecule has 1 saturated heterocycles. The Morgan fingerprint density at radius 2 is 2.38 bits per heavy atom. The first-order valence-electron chi connectivity index (χ1n) is 3.08. The highest BCUT2D eigenvalue weighted by Crippen LogP contribution is 2.11. The molecule has 3 heteroatoms. The summed E-state index contributed by atoms with van der Waals surface area (Å²) in [5.74, 6) is 0. The average Bonchev–Trinajstić information content (AvgIpc) is 1.90. The Morgan fingerprint density at radius 1 is 1.50 bits per heavy atom.